The van der Waals surface area contributed by atoms with Crippen molar-refractivity contribution >= 4 is 15.7 Å². The summed E-state index contributed by atoms with van der Waals surface area (Å²) in [5.41, 5.74) is 1.46. The van der Waals surface area contributed by atoms with Crippen LogP contribution in [-0.4, -0.2) is 8.42 Å². The van der Waals surface area contributed by atoms with Crippen molar-refractivity contribution in [3.05, 3.63) is 58.9 Å². The molecule has 0 fully saturated rings. The summed E-state index contributed by atoms with van der Waals surface area (Å²) < 4.78 is 40.6. The smallest absolute Gasteiger partial charge is 0.262 e. The summed E-state index contributed by atoms with van der Waals surface area (Å²) in [6.45, 7) is 3.54. The molecule has 0 aliphatic carbocycles. The molecule has 0 bridgehead atoms. The molecule has 2 aromatic carbocycles. The van der Waals surface area contributed by atoms with Crippen molar-refractivity contribution in [2.24, 2.45) is 0 Å². The number of hydrogen-bond acceptors (Lipinski definition) is 3. The van der Waals surface area contributed by atoms with E-state index in [4.69, 9.17) is 5.26 Å². The number of aryl methyl sites for hydroxylation is 2. The van der Waals surface area contributed by atoms with E-state index >= 15 is 0 Å². The molecule has 0 saturated heterocycles. The van der Waals surface area contributed by atoms with Crippen LogP contribution in [0.1, 0.15) is 16.7 Å². The molecule has 4 nitrogen and oxygen atoms in total. The Hall–Kier alpha value is -2.39. The van der Waals surface area contributed by atoms with Gasteiger partial charge in [-0.2, -0.15) is 5.26 Å². The van der Waals surface area contributed by atoms with Gasteiger partial charge in [0.1, 0.15) is 5.82 Å². The van der Waals surface area contributed by atoms with Gasteiger partial charge in [-0.05, 0) is 43.7 Å². The number of nitriles is 1. The Bertz CT molecular complexity index is 839. The first-order valence-electron chi connectivity index (χ1n) is 6.13. The molecule has 6 heteroatoms. The highest BCUT2D eigenvalue weighted by molar-refractivity contribution is 7.92. The quantitative estimate of drug-likeness (QED) is 0.947. The SMILES string of the molecule is Cc1ccc(S(=O)(=O)Nc2ccc(C#N)cc2F)c(C)c1. The fraction of sp³-hybridized carbons (Fsp3) is 0.133. The summed E-state index contributed by atoms with van der Waals surface area (Å²) >= 11 is 0. The van der Waals surface area contributed by atoms with Crippen molar-refractivity contribution in [2.45, 2.75) is 18.7 Å². The Morgan fingerprint density at radius 1 is 1.14 bits per heavy atom. The number of nitrogens with one attached hydrogen (secondary N) is 1. The van der Waals surface area contributed by atoms with E-state index in [1.807, 2.05) is 6.92 Å². The minimum atomic E-state index is -3.88. The van der Waals surface area contributed by atoms with Gasteiger partial charge in [0.15, 0.2) is 0 Å². The third-order valence-corrected chi connectivity index (χ3v) is 4.49. The van der Waals surface area contributed by atoms with E-state index in [1.165, 1.54) is 18.2 Å². The minimum Gasteiger partial charge on any atom is -0.277 e. The van der Waals surface area contributed by atoms with E-state index in [0.717, 1.165) is 11.6 Å². The number of nitrogens with zero attached hydrogens (tertiary/aromatic N) is 1. The van der Waals surface area contributed by atoms with Crippen LogP contribution in [0.5, 0.6) is 0 Å². The third-order valence-electron chi connectivity index (χ3n) is 2.96. The van der Waals surface area contributed by atoms with E-state index in [9.17, 15) is 12.8 Å². The molecule has 21 heavy (non-hydrogen) atoms. The van der Waals surface area contributed by atoms with Crippen LogP contribution in [0.2, 0.25) is 0 Å². The fourth-order valence-corrected chi connectivity index (χ4v) is 3.26. The summed E-state index contributed by atoms with van der Waals surface area (Å²) in [6, 6.07) is 10.3. The van der Waals surface area contributed by atoms with Gasteiger partial charge in [0.2, 0.25) is 0 Å². The number of hydrogen-bond donors (Lipinski definition) is 1. The van der Waals surface area contributed by atoms with Crippen molar-refractivity contribution in [1.29, 1.82) is 5.26 Å². The van der Waals surface area contributed by atoms with Gasteiger partial charge in [0, 0.05) is 0 Å². The molecule has 1 N–H and O–H groups in total. The lowest BCUT2D eigenvalue weighted by Crippen LogP contribution is -2.15. The Morgan fingerprint density at radius 3 is 2.43 bits per heavy atom. The minimum absolute atomic E-state index is 0.0943. The monoisotopic (exact) mass is 304 g/mol. The molecule has 0 aliphatic heterocycles. The van der Waals surface area contributed by atoms with E-state index in [1.54, 1.807) is 25.1 Å². The summed E-state index contributed by atoms with van der Waals surface area (Å²) in [7, 11) is -3.88. The highest BCUT2D eigenvalue weighted by Gasteiger charge is 2.18. The molecule has 0 aliphatic rings. The lowest BCUT2D eigenvalue weighted by atomic mass is 10.2. The Morgan fingerprint density at radius 2 is 1.86 bits per heavy atom. The van der Waals surface area contributed by atoms with Gasteiger partial charge in [-0.3, -0.25) is 4.72 Å². The van der Waals surface area contributed by atoms with Crippen LogP contribution >= 0.6 is 0 Å². The standard InChI is InChI=1S/C15H13FN2O2S/c1-10-3-6-15(11(2)7-10)21(19,20)18-14-5-4-12(9-17)8-13(14)16/h3-8,18H,1-2H3. The van der Waals surface area contributed by atoms with Gasteiger partial charge in [0.25, 0.3) is 10.0 Å². The Labute approximate surface area is 122 Å². The van der Waals surface area contributed by atoms with E-state index in [-0.39, 0.29) is 16.1 Å². The zero-order chi connectivity index (χ0) is 15.6. The zero-order valence-corrected chi connectivity index (χ0v) is 12.3. The molecule has 0 spiro atoms. The lowest BCUT2D eigenvalue weighted by Gasteiger charge is -2.11. The predicted molar refractivity (Wildman–Crippen MR) is 77.8 cm³/mol. The van der Waals surface area contributed by atoms with Gasteiger partial charge in [-0.15, -0.1) is 0 Å². The molecule has 108 valence electrons. The Balaban J connectivity index is 2.40. The highest BCUT2D eigenvalue weighted by Crippen LogP contribution is 2.22. The van der Waals surface area contributed by atoms with Crippen LogP contribution in [0.4, 0.5) is 10.1 Å². The molecular formula is C15H13FN2O2S. The maximum Gasteiger partial charge on any atom is 0.262 e. The molecule has 0 radical (unpaired) electrons. The normalized spacial score (nSPS) is 11.0. The van der Waals surface area contributed by atoms with Crippen molar-refractivity contribution in [3.63, 3.8) is 0 Å². The van der Waals surface area contributed by atoms with Crippen LogP contribution < -0.4 is 4.72 Å². The second kappa shape index (κ2) is 5.54. The molecule has 0 saturated carbocycles. The molecule has 2 rings (SSSR count). The molecule has 2 aromatic rings. The largest absolute Gasteiger partial charge is 0.277 e. The first-order chi connectivity index (χ1) is 9.83. The van der Waals surface area contributed by atoms with Crippen molar-refractivity contribution in [2.75, 3.05) is 4.72 Å². The van der Waals surface area contributed by atoms with Crippen LogP contribution in [-0.2, 0) is 10.0 Å². The van der Waals surface area contributed by atoms with Crippen LogP contribution in [0.3, 0.4) is 0 Å². The van der Waals surface area contributed by atoms with Crippen LogP contribution in [0, 0.1) is 31.0 Å². The molecular weight excluding hydrogens is 291 g/mol. The summed E-state index contributed by atoms with van der Waals surface area (Å²) in [6.07, 6.45) is 0. The predicted octanol–water partition coefficient (Wildman–Crippen LogP) is 3.12. The van der Waals surface area contributed by atoms with Gasteiger partial charge in [0.05, 0.1) is 22.2 Å². The molecule has 0 heterocycles. The van der Waals surface area contributed by atoms with Crippen LogP contribution in [0.25, 0.3) is 0 Å². The first-order valence-corrected chi connectivity index (χ1v) is 7.61. The van der Waals surface area contributed by atoms with Crippen molar-refractivity contribution in [3.8, 4) is 6.07 Å². The van der Waals surface area contributed by atoms with Gasteiger partial charge < -0.3 is 0 Å². The zero-order valence-electron chi connectivity index (χ0n) is 11.5. The summed E-state index contributed by atoms with van der Waals surface area (Å²) in [5, 5.41) is 8.67. The topological polar surface area (TPSA) is 70.0 Å². The first kappa shape index (κ1) is 15.0. The molecule has 0 amide bonds. The van der Waals surface area contributed by atoms with Crippen LogP contribution in [0.15, 0.2) is 41.3 Å². The van der Waals surface area contributed by atoms with E-state index in [0.29, 0.717) is 5.56 Å². The molecule has 0 aromatic heterocycles. The highest BCUT2D eigenvalue weighted by atomic mass is 32.2. The molecule has 0 atom stereocenters. The van der Waals surface area contributed by atoms with Gasteiger partial charge in [-0.25, -0.2) is 12.8 Å². The number of rotatable bonds is 3. The summed E-state index contributed by atoms with van der Waals surface area (Å²) in [5.74, 6) is -0.789. The van der Waals surface area contributed by atoms with Gasteiger partial charge >= 0.3 is 0 Å². The Kier molecular flexibility index (Phi) is 3.96. The van der Waals surface area contributed by atoms with E-state index < -0.39 is 15.8 Å². The number of anilines is 1. The van der Waals surface area contributed by atoms with Crippen molar-refractivity contribution in [1.82, 2.24) is 0 Å². The number of halogens is 1. The van der Waals surface area contributed by atoms with Crippen molar-refractivity contribution < 1.29 is 12.8 Å². The maximum absolute atomic E-state index is 13.8. The van der Waals surface area contributed by atoms with E-state index in [2.05, 4.69) is 4.72 Å². The number of sulfonamides is 1. The lowest BCUT2D eigenvalue weighted by molar-refractivity contribution is 0.598. The van der Waals surface area contributed by atoms with Gasteiger partial charge in [-0.1, -0.05) is 17.7 Å². The number of benzene rings is 2. The third kappa shape index (κ3) is 3.20. The average molecular weight is 304 g/mol. The molecule has 0 unspecified atom stereocenters. The second-order valence-corrected chi connectivity index (χ2v) is 6.33. The maximum atomic E-state index is 13.8. The second-order valence-electron chi connectivity index (χ2n) is 4.68. The fourth-order valence-electron chi connectivity index (χ4n) is 1.97. The summed E-state index contributed by atoms with van der Waals surface area (Å²) in [4.78, 5) is 0.0943. The average Bonchev–Trinajstić information content (AvgIpc) is 2.40.